The van der Waals surface area contributed by atoms with Gasteiger partial charge < -0.3 is 10.2 Å². The van der Waals surface area contributed by atoms with Crippen LogP contribution in [0.4, 0.5) is 0 Å². The summed E-state index contributed by atoms with van der Waals surface area (Å²) < 4.78 is 0. The highest BCUT2D eigenvalue weighted by Crippen LogP contribution is 2.29. The van der Waals surface area contributed by atoms with Gasteiger partial charge >= 0.3 is 0 Å². The molecule has 1 N–H and O–H groups in total. The molecule has 2 aromatic heterocycles. The van der Waals surface area contributed by atoms with Crippen LogP contribution in [0.15, 0.2) is 29.9 Å². The second kappa shape index (κ2) is 8.06. The zero-order chi connectivity index (χ0) is 17.7. The van der Waals surface area contributed by atoms with Crippen LogP contribution in [0, 0.1) is 5.41 Å². The molecule has 1 fully saturated rings. The van der Waals surface area contributed by atoms with Gasteiger partial charge in [-0.25, -0.2) is 4.98 Å². The number of nitrogens with one attached hydrogen (secondary N) is 1. The van der Waals surface area contributed by atoms with E-state index in [1.165, 1.54) is 0 Å². The van der Waals surface area contributed by atoms with Crippen molar-refractivity contribution in [2.75, 3.05) is 26.2 Å². The average Bonchev–Trinajstić information content (AvgIpc) is 3.11. The molecule has 3 rings (SSSR count). The van der Waals surface area contributed by atoms with Crippen LogP contribution in [0.25, 0.3) is 10.6 Å². The SMILES string of the molecule is CCN1CCC[C@@](C)(C(=O)NCCc2csc(-c3ccncc3)n2)C1. The van der Waals surface area contributed by atoms with Gasteiger partial charge in [0.25, 0.3) is 0 Å². The van der Waals surface area contributed by atoms with E-state index in [0.29, 0.717) is 6.54 Å². The number of amides is 1. The van der Waals surface area contributed by atoms with E-state index in [9.17, 15) is 4.79 Å². The Morgan fingerprint density at radius 1 is 1.40 bits per heavy atom. The predicted molar refractivity (Wildman–Crippen MR) is 102 cm³/mol. The van der Waals surface area contributed by atoms with Gasteiger partial charge in [0.2, 0.25) is 5.91 Å². The lowest BCUT2D eigenvalue weighted by molar-refractivity contribution is -0.133. The average molecular weight is 359 g/mol. The van der Waals surface area contributed by atoms with Gasteiger partial charge in [-0.3, -0.25) is 9.78 Å². The smallest absolute Gasteiger partial charge is 0.227 e. The Balaban J connectivity index is 1.51. The number of rotatable bonds is 6. The van der Waals surface area contributed by atoms with Gasteiger partial charge in [0.05, 0.1) is 11.1 Å². The summed E-state index contributed by atoms with van der Waals surface area (Å²) >= 11 is 1.63. The molecular formula is C19H26N4OS. The molecule has 0 radical (unpaired) electrons. The maximum absolute atomic E-state index is 12.6. The minimum absolute atomic E-state index is 0.176. The largest absolute Gasteiger partial charge is 0.355 e. The summed E-state index contributed by atoms with van der Waals surface area (Å²) in [5, 5.41) is 6.20. The van der Waals surface area contributed by atoms with E-state index in [-0.39, 0.29) is 11.3 Å². The number of piperidine rings is 1. The van der Waals surface area contributed by atoms with Crippen molar-refractivity contribution >= 4 is 17.2 Å². The zero-order valence-electron chi connectivity index (χ0n) is 15.0. The van der Waals surface area contributed by atoms with Crippen LogP contribution in [-0.4, -0.2) is 47.0 Å². The standard InChI is InChI=1S/C19H26N4OS/c1-3-23-12-4-8-19(2,14-23)18(24)21-11-7-16-13-25-17(22-16)15-5-9-20-10-6-15/h5-6,9-10,13H,3-4,7-8,11-12,14H2,1-2H3,(H,21,24)/t19-/m1/s1. The van der Waals surface area contributed by atoms with Crippen molar-refractivity contribution < 1.29 is 4.79 Å². The molecule has 0 bridgehead atoms. The molecule has 0 unspecified atom stereocenters. The minimum Gasteiger partial charge on any atom is -0.355 e. The lowest BCUT2D eigenvalue weighted by atomic mass is 9.81. The van der Waals surface area contributed by atoms with Gasteiger partial charge in [-0.1, -0.05) is 6.92 Å². The van der Waals surface area contributed by atoms with E-state index >= 15 is 0 Å². The predicted octanol–water partition coefficient (Wildman–Crippen LogP) is 2.99. The monoisotopic (exact) mass is 358 g/mol. The van der Waals surface area contributed by atoms with Gasteiger partial charge in [0, 0.05) is 42.8 Å². The summed E-state index contributed by atoms with van der Waals surface area (Å²) in [6.45, 7) is 7.87. The Bertz CT molecular complexity index is 702. The first-order valence-corrected chi connectivity index (χ1v) is 9.84. The molecular weight excluding hydrogens is 332 g/mol. The molecule has 1 saturated heterocycles. The fourth-order valence-corrected chi connectivity index (χ4v) is 4.23. The normalized spacial score (nSPS) is 21.2. The second-order valence-corrected chi connectivity index (χ2v) is 7.78. The van der Waals surface area contributed by atoms with Crippen LogP contribution in [0.1, 0.15) is 32.4 Å². The van der Waals surface area contributed by atoms with Crippen molar-refractivity contribution in [2.24, 2.45) is 5.41 Å². The van der Waals surface area contributed by atoms with E-state index < -0.39 is 0 Å². The third-order valence-corrected chi connectivity index (χ3v) is 5.86. The number of hydrogen-bond donors (Lipinski definition) is 1. The number of likely N-dealkylation sites (tertiary alicyclic amines) is 1. The molecule has 1 aliphatic heterocycles. The molecule has 134 valence electrons. The summed E-state index contributed by atoms with van der Waals surface area (Å²) in [4.78, 5) is 23.7. The number of nitrogens with zero attached hydrogens (tertiary/aromatic N) is 3. The van der Waals surface area contributed by atoms with Crippen LogP contribution in [0.3, 0.4) is 0 Å². The van der Waals surface area contributed by atoms with Crippen LogP contribution >= 0.6 is 11.3 Å². The van der Waals surface area contributed by atoms with E-state index in [1.54, 1.807) is 23.7 Å². The first-order valence-electron chi connectivity index (χ1n) is 8.96. The van der Waals surface area contributed by atoms with Crippen LogP contribution in [0.5, 0.6) is 0 Å². The topological polar surface area (TPSA) is 58.1 Å². The third kappa shape index (κ3) is 4.44. The first-order chi connectivity index (χ1) is 12.1. The summed E-state index contributed by atoms with van der Waals surface area (Å²) in [5.41, 5.74) is 1.85. The Kier molecular flexibility index (Phi) is 5.81. The summed E-state index contributed by atoms with van der Waals surface area (Å²) in [6.07, 6.45) is 6.39. The van der Waals surface area contributed by atoms with Crippen molar-refractivity contribution in [1.82, 2.24) is 20.2 Å². The quantitative estimate of drug-likeness (QED) is 0.862. The zero-order valence-corrected chi connectivity index (χ0v) is 15.8. The molecule has 6 heteroatoms. The maximum atomic E-state index is 12.6. The lowest BCUT2D eigenvalue weighted by Gasteiger charge is -2.38. The molecule has 0 aromatic carbocycles. The molecule has 0 saturated carbocycles. The first kappa shape index (κ1) is 18.0. The van der Waals surface area contributed by atoms with Gasteiger partial charge in [0.15, 0.2) is 0 Å². The van der Waals surface area contributed by atoms with Gasteiger partial charge in [0.1, 0.15) is 5.01 Å². The van der Waals surface area contributed by atoms with E-state index in [2.05, 4.69) is 39.4 Å². The van der Waals surface area contributed by atoms with E-state index in [1.807, 2.05) is 12.1 Å². The highest BCUT2D eigenvalue weighted by molar-refractivity contribution is 7.13. The summed E-state index contributed by atoms with van der Waals surface area (Å²) in [7, 11) is 0. The number of aromatic nitrogens is 2. The molecule has 2 aromatic rings. The third-order valence-electron chi connectivity index (χ3n) is 4.92. The second-order valence-electron chi connectivity index (χ2n) is 6.92. The van der Waals surface area contributed by atoms with Crippen LogP contribution < -0.4 is 5.32 Å². The van der Waals surface area contributed by atoms with Crippen LogP contribution in [-0.2, 0) is 11.2 Å². The fraction of sp³-hybridized carbons (Fsp3) is 0.526. The number of hydrogen-bond acceptors (Lipinski definition) is 5. The van der Waals surface area contributed by atoms with E-state index in [4.69, 9.17) is 0 Å². The maximum Gasteiger partial charge on any atom is 0.227 e. The van der Waals surface area contributed by atoms with Crippen molar-refractivity contribution in [2.45, 2.75) is 33.1 Å². The highest BCUT2D eigenvalue weighted by Gasteiger charge is 2.37. The summed E-state index contributed by atoms with van der Waals surface area (Å²) in [5.74, 6) is 0.176. The number of carbonyl (C=O) groups is 1. The van der Waals surface area contributed by atoms with Crippen molar-refractivity contribution in [1.29, 1.82) is 0 Å². The Morgan fingerprint density at radius 3 is 2.96 bits per heavy atom. The van der Waals surface area contributed by atoms with Gasteiger partial charge in [-0.05, 0) is 45.0 Å². The Labute approximate surface area is 153 Å². The number of thiazole rings is 1. The minimum atomic E-state index is -0.265. The van der Waals surface area contributed by atoms with Gasteiger partial charge in [-0.2, -0.15) is 0 Å². The fourth-order valence-electron chi connectivity index (χ4n) is 3.37. The van der Waals surface area contributed by atoms with Gasteiger partial charge in [-0.15, -0.1) is 11.3 Å². The number of carbonyl (C=O) groups excluding carboxylic acids is 1. The number of pyridine rings is 1. The van der Waals surface area contributed by atoms with Crippen LogP contribution in [0.2, 0.25) is 0 Å². The Hall–Kier alpha value is -1.79. The summed E-state index contributed by atoms with van der Waals surface area (Å²) in [6, 6.07) is 3.93. The lowest BCUT2D eigenvalue weighted by Crippen LogP contribution is -2.50. The molecule has 1 atom stereocenters. The van der Waals surface area contributed by atoms with E-state index in [0.717, 1.165) is 55.2 Å². The van der Waals surface area contributed by atoms with Crippen molar-refractivity contribution in [3.05, 3.63) is 35.6 Å². The molecule has 5 nitrogen and oxygen atoms in total. The van der Waals surface area contributed by atoms with Crippen molar-refractivity contribution in [3.8, 4) is 10.6 Å². The Morgan fingerprint density at radius 2 is 2.20 bits per heavy atom. The molecule has 25 heavy (non-hydrogen) atoms. The van der Waals surface area contributed by atoms with Crippen molar-refractivity contribution in [3.63, 3.8) is 0 Å². The molecule has 1 aliphatic rings. The highest BCUT2D eigenvalue weighted by atomic mass is 32.1. The molecule has 0 spiro atoms. The molecule has 0 aliphatic carbocycles. The molecule has 1 amide bonds. The molecule has 3 heterocycles.